The van der Waals surface area contributed by atoms with Crippen LogP contribution in [0.4, 0.5) is 10.6 Å². The molecule has 9 heteroatoms. The highest BCUT2D eigenvalue weighted by Crippen LogP contribution is 2.34. The van der Waals surface area contributed by atoms with E-state index >= 15 is 0 Å². The Hall–Kier alpha value is -2.68. The second-order valence-corrected chi connectivity index (χ2v) is 8.82. The molecule has 32 heavy (non-hydrogen) atoms. The van der Waals surface area contributed by atoms with Gasteiger partial charge in [0.25, 0.3) is 0 Å². The van der Waals surface area contributed by atoms with E-state index in [0.29, 0.717) is 5.82 Å². The fraction of sp³-hybridized carbons (Fsp3) is 0.652. The fourth-order valence-corrected chi connectivity index (χ4v) is 4.37. The van der Waals surface area contributed by atoms with Gasteiger partial charge in [-0.1, -0.05) is 19.3 Å². The number of hydrogen-bond donors (Lipinski definition) is 0. The first-order valence-corrected chi connectivity index (χ1v) is 11.6. The zero-order valence-electron chi connectivity index (χ0n) is 19.0. The lowest BCUT2D eigenvalue weighted by atomic mass is 9.99. The average Bonchev–Trinajstić information content (AvgIpc) is 3.39. The van der Waals surface area contributed by atoms with Crippen LogP contribution in [0.3, 0.4) is 0 Å². The van der Waals surface area contributed by atoms with E-state index < -0.39 is 6.16 Å². The van der Waals surface area contributed by atoms with Crippen molar-refractivity contribution in [3.05, 3.63) is 24.2 Å². The molecule has 2 unspecified atom stereocenters. The third-order valence-corrected chi connectivity index (χ3v) is 6.01. The predicted molar refractivity (Wildman–Crippen MR) is 120 cm³/mol. The second-order valence-electron chi connectivity index (χ2n) is 8.82. The Balaban J connectivity index is 1.30. The molecule has 9 nitrogen and oxygen atoms in total. The second kappa shape index (κ2) is 10.8. The molecule has 4 rings (SSSR count). The van der Waals surface area contributed by atoms with E-state index in [0.717, 1.165) is 49.7 Å². The van der Waals surface area contributed by atoms with Gasteiger partial charge in [0, 0.05) is 14.1 Å². The first-order chi connectivity index (χ1) is 15.6. The van der Waals surface area contributed by atoms with Crippen LogP contribution >= 0.6 is 0 Å². The quantitative estimate of drug-likeness (QED) is 0.370. The summed E-state index contributed by atoms with van der Waals surface area (Å²) in [6.07, 6.45) is 11.8. The molecule has 3 heterocycles. The lowest BCUT2D eigenvalue weighted by Crippen LogP contribution is -2.24. The zero-order chi connectivity index (χ0) is 22.3. The van der Waals surface area contributed by atoms with Gasteiger partial charge in [-0.05, 0) is 50.7 Å². The highest BCUT2D eigenvalue weighted by atomic mass is 16.7. The molecule has 2 aromatic heterocycles. The number of hydrogen-bond acceptors (Lipinski definition) is 7. The van der Waals surface area contributed by atoms with Gasteiger partial charge in [-0.3, -0.25) is 0 Å². The molecular weight excluding hydrogens is 410 g/mol. The number of fused-ring (bicyclic) bond motifs is 1. The first kappa shape index (κ1) is 22.5. The fourth-order valence-electron chi connectivity index (χ4n) is 4.37. The van der Waals surface area contributed by atoms with Crippen molar-refractivity contribution in [3.63, 3.8) is 0 Å². The van der Waals surface area contributed by atoms with E-state index in [9.17, 15) is 4.79 Å². The number of aromatic nitrogens is 3. The van der Waals surface area contributed by atoms with Gasteiger partial charge in [-0.25, -0.2) is 19.3 Å². The number of carbonyl (C=O) groups is 1. The summed E-state index contributed by atoms with van der Waals surface area (Å²) in [4.78, 5) is 22.7. The van der Waals surface area contributed by atoms with E-state index in [1.54, 1.807) is 6.34 Å². The number of ether oxygens (including phenoxy) is 3. The van der Waals surface area contributed by atoms with Gasteiger partial charge in [-0.2, -0.15) is 5.10 Å². The highest BCUT2D eigenvalue weighted by molar-refractivity contribution is 5.70. The Bertz CT molecular complexity index is 920. The molecule has 2 fully saturated rings. The summed E-state index contributed by atoms with van der Waals surface area (Å²) < 4.78 is 18.9. The van der Waals surface area contributed by atoms with Crippen LogP contribution in [0.5, 0.6) is 0 Å². The maximum Gasteiger partial charge on any atom is 0.508 e. The van der Waals surface area contributed by atoms with Crippen molar-refractivity contribution in [2.75, 3.05) is 20.7 Å². The maximum atomic E-state index is 12.2. The van der Waals surface area contributed by atoms with Crippen LogP contribution in [0.1, 0.15) is 69.6 Å². The van der Waals surface area contributed by atoms with Crippen LogP contribution in [-0.4, -0.2) is 64.9 Å². The molecule has 0 aromatic carbocycles. The number of aliphatic imine (C=N–C) groups is 1. The average molecular weight is 444 g/mol. The zero-order valence-corrected chi connectivity index (χ0v) is 19.0. The lowest BCUT2D eigenvalue weighted by molar-refractivity contribution is -0.0302. The van der Waals surface area contributed by atoms with E-state index in [1.165, 1.54) is 25.6 Å². The Labute approximate surface area is 188 Å². The van der Waals surface area contributed by atoms with Crippen LogP contribution in [-0.2, 0) is 14.2 Å². The Kier molecular flexibility index (Phi) is 7.57. The minimum absolute atomic E-state index is 0.0174. The Morgan fingerprint density at radius 3 is 2.75 bits per heavy atom. The molecule has 1 saturated heterocycles. The van der Waals surface area contributed by atoms with Gasteiger partial charge in [0.15, 0.2) is 5.82 Å². The summed E-state index contributed by atoms with van der Waals surface area (Å²) in [6, 6.07) is 3.95. The predicted octanol–water partition coefficient (Wildman–Crippen LogP) is 4.44. The van der Waals surface area contributed by atoms with Gasteiger partial charge in [0.1, 0.15) is 30.7 Å². The number of rotatable bonds is 6. The van der Waals surface area contributed by atoms with Crippen molar-refractivity contribution in [2.45, 2.75) is 76.1 Å². The molecule has 0 spiro atoms. The molecule has 2 aliphatic rings. The Morgan fingerprint density at radius 1 is 1.19 bits per heavy atom. The standard InChI is InChI=1S/C23H33N5O4/c1-27(2)16-25-22-20-12-11-19(28(20)26-15-24-22)21-13-10-18(31-21)14-30-23(29)32-17-8-6-4-3-5-7-9-17/h11-12,15-18,21H,3-10,13-14H2,1-2H3/b25-16-. The van der Waals surface area contributed by atoms with Crippen LogP contribution < -0.4 is 0 Å². The lowest BCUT2D eigenvalue weighted by Gasteiger charge is -2.20. The Morgan fingerprint density at radius 2 is 1.97 bits per heavy atom. The molecule has 1 aliphatic carbocycles. The van der Waals surface area contributed by atoms with Gasteiger partial charge in [0.05, 0.1) is 18.1 Å². The minimum atomic E-state index is -0.577. The molecule has 1 saturated carbocycles. The molecule has 2 atom stereocenters. The van der Waals surface area contributed by atoms with Crippen LogP contribution in [0.25, 0.3) is 5.52 Å². The third-order valence-electron chi connectivity index (χ3n) is 6.01. The van der Waals surface area contributed by atoms with Crippen LogP contribution in [0, 0.1) is 0 Å². The third kappa shape index (κ3) is 5.76. The first-order valence-electron chi connectivity index (χ1n) is 11.6. The molecule has 2 aromatic rings. The largest absolute Gasteiger partial charge is 0.508 e. The molecule has 1 aliphatic heterocycles. The normalized spacial score (nSPS) is 22.7. The topological polar surface area (TPSA) is 90.6 Å². The van der Waals surface area contributed by atoms with Crippen molar-refractivity contribution in [1.29, 1.82) is 0 Å². The monoisotopic (exact) mass is 443 g/mol. The summed E-state index contributed by atoms with van der Waals surface area (Å²) in [5, 5.41) is 4.38. The summed E-state index contributed by atoms with van der Waals surface area (Å²) >= 11 is 0. The van der Waals surface area contributed by atoms with Crippen molar-refractivity contribution >= 4 is 23.8 Å². The molecule has 0 N–H and O–H groups in total. The van der Waals surface area contributed by atoms with E-state index in [-0.39, 0.29) is 24.9 Å². The van der Waals surface area contributed by atoms with Crippen LogP contribution in [0.2, 0.25) is 0 Å². The SMILES string of the molecule is CN(C)/C=N\c1ncnn2c(C3CCC(COC(=O)OC4CCCCCCC4)O3)ccc12. The summed E-state index contributed by atoms with van der Waals surface area (Å²) in [5.41, 5.74) is 1.77. The van der Waals surface area contributed by atoms with E-state index in [1.807, 2.05) is 35.6 Å². The van der Waals surface area contributed by atoms with Crippen molar-refractivity contribution in [2.24, 2.45) is 4.99 Å². The molecular formula is C23H33N5O4. The molecule has 0 radical (unpaired) electrons. The number of nitrogens with zero attached hydrogens (tertiary/aromatic N) is 5. The van der Waals surface area contributed by atoms with Gasteiger partial charge in [0.2, 0.25) is 0 Å². The summed E-state index contributed by atoms with van der Waals surface area (Å²) in [5.74, 6) is 0.606. The van der Waals surface area contributed by atoms with Crippen molar-refractivity contribution < 1.29 is 19.0 Å². The molecule has 0 amide bonds. The van der Waals surface area contributed by atoms with Crippen molar-refractivity contribution in [1.82, 2.24) is 19.5 Å². The minimum Gasteiger partial charge on any atom is -0.432 e. The summed E-state index contributed by atoms with van der Waals surface area (Å²) in [6.45, 7) is 0.207. The van der Waals surface area contributed by atoms with E-state index in [4.69, 9.17) is 14.2 Å². The number of carbonyl (C=O) groups excluding carboxylic acids is 1. The molecule has 0 bridgehead atoms. The highest BCUT2D eigenvalue weighted by Gasteiger charge is 2.30. The smallest absolute Gasteiger partial charge is 0.432 e. The van der Waals surface area contributed by atoms with Gasteiger partial charge in [-0.15, -0.1) is 0 Å². The summed E-state index contributed by atoms with van der Waals surface area (Å²) in [7, 11) is 3.82. The maximum absolute atomic E-state index is 12.2. The van der Waals surface area contributed by atoms with Crippen LogP contribution in [0.15, 0.2) is 23.5 Å². The van der Waals surface area contributed by atoms with E-state index in [2.05, 4.69) is 15.1 Å². The molecule has 174 valence electrons. The van der Waals surface area contributed by atoms with Gasteiger partial charge >= 0.3 is 6.16 Å². The van der Waals surface area contributed by atoms with Gasteiger partial charge < -0.3 is 19.1 Å². The van der Waals surface area contributed by atoms with Crippen molar-refractivity contribution in [3.8, 4) is 0 Å².